The van der Waals surface area contributed by atoms with Crippen LogP contribution >= 0.6 is 0 Å². The number of pyridine rings is 1. The van der Waals surface area contributed by atoms with Crippen molar-refractivity contribution in [3.8, 4) is 6.07 Å². The lowest BCUT2D eigenvalue weighted by Crippen LogP contribution is -2.13. The van der Waals surface area contributed by atoms with Gasteiger partial charge in [0.2, 0.25) is 0 Å². The van der Waals surface area contributed by atoms with Gasteiger partial charge in [0.05, 0.1) is 17.5 Å². The fourth-order valence-corrected chi connectivity index (χ4v) is 1.69. The van der Waals surface area contributed by atoms with E-state index in [1.807, 2.05) is 51.1 Å². The first-order valence-electron chi connectivity index (χ1n) is 4.78. The minimum Gasteiger partial charge on any atom is -0.376 e. The average molecular weight is 201 g/mol. The fraction of sp³-hybridized carbons (Fsp3) is 0.333. The van der Waals surface area contributed by atoms with Crippen molar-refractivity contribution in [2.45, 2.75) is 13.8 Å². The quantitative estimate of drug-likeness (QED) is 0.689. The zero-order valence-corrected chi connectivity index (χ0v) is 9.57. The Bertz CT molecular complexity index is 425. The van der Waals surface area contributed by atoms with Crippen molar-refractivity contribution in [2.24, 2.45) is 0 Å². The summed E-state index contributed by atoms with van der Waals surface area (Å²) in [5.74, 6) is 0. The first-order chi connectivity index (χ1) is 7.06. The Labute approximate surface area is 90.7 Å². The Morgan fingerprint density at radius 3 is 2.60 bits per heavy atom. The van der Waals surface area contributed by atoms with Crippen LogP contribution in [0.5, 0.6) is 0 Å². The molecule has 15 heavy (non-hydrogen) atoms. The summed E-state index contributed by atoms with van der Waals surface area (Å²) in [6.45, 7) is 3.93. The topological polar surface area (TPSA) is 39.9 Å². The van der Waals surface area contributed by atoms with E-state index in [1.165, 1.54) is 6.08 Å². The number of rotatable bonds is 2. The number of aryl methyl sites for hydroxylation is 2. The molecule has 0 atom stereocenters. The van der Waals surface area contributed by atoms with Crippen molar-refractivity contribution in [3.05, 3.63) is 29.1 Å². The maximum absolute atomic E-state index is 8.53. The Hall–Kier alpha value is -1.82. The van der Waals surface area contributed by atoms with Crippen LogP contribution in [-0.4, -0.2) is 19.1 Å². The van der Waals surface area contributed by atoms with Crippen molar-refractivity contribution in [2.75, 3.05) is 19.0 Å². The Balaban J connectivity index is 3.34. The Morgan fingerprint density at radius 1 is 1.40 bits per heavy atom. The lowest BCUT2D eigenvalue weighted by atomic mass is 10.1. The van der Waals surface area contributed by atoms with Gasteiger partial charge in [-0.2, -0.15) is 5.26 Å². The first-order valence-corrected chi connectivity index (χ1v) is 4.78. The first kappa shape index (κ1) is 11.3. The lowest BCUT2D eigenvalue weighted by Gasteiger charge is -2.18. The highest BCUT2D eigenvalue weighted by Crippen LogP contribution is 2.23. The molecule has 0 bridgehead atoms. The van der Waals surface area contributed by atoms with Crippen LogP contribution in [-0.2, 0) is 0 Å². The van der Waals surface area contributed by atoms with E-state index in [-0.39, 0.29) is 0 Å². The molecule has 0 aliphatic carbocycles. The zero-order valence-electron chi connectivity index (χ0n) is 9.57. The molecule has 3 heteroatoms. The molecule has 0 aliphatic rings. The van der Waals surface area contributed by atoms with Crippen molar-refractivity contribution < 1.29 is 0 Å². The van der Waals surface area contributed by atoms with Gasteiger partial charge < -0.3 is 4.90 Å². The van der Waals surface area contributed by atoms with E-state index >= 15 is 0 Å². The predicted molar refractivity (Wildman–Crippen MR) is 62.7 cm³/mol. The molecule has 0 unspecified atom stereocenters. The third kappa shape index (κ3) is 2.57. The number of aromatic nitrogens is 1. The van der Waals surface area contributed by atoms with Gasteiger partial charge in [-0.05, 0) is 26.0 Å². The van der Waals surface area contributed by atoms with Crippen LogP contribution < -0.4 is 4.90 Å². The highest BCUT2D eigenvalue weighted by Gasteiger charge is 2.07. The second-order valence-corrected chi connectivity index (χ2v) is 3.64. The van der Waals surface area contributed by atoms with Gasteiger partial charge in [0.25, 0.3) is 0 Å². The molecule has 1 rings (SSSR count). The second-order valence-electron chi connectivity index (χ2n) is 3.64. The van der Waals surface area contributed by atoms with Gasteiger partial charge in [-0.15, -0.1) is 0 Å². The number of hydrogen-bond acceptors (Lipinski definition) is 3. The van der Waals surface area contributed by atoms with Crippen LogP contribution in [0.25, 0.3) is 6.08 Å². The second kappa shape index (κ2) is 4.61. The van der Waals surface area contributed by atoms with E-state index in [1.54, 1.807) is 0 Å². The number of nitrogens with zero attached hydrogens (tertiary/aromatic N) is 3. The molecule has 0 spiro atoms. The molecular weight excluding hydrogens is 186 g/mol. The van der Waals surface area contributed by atoms with Gasteiger partial charge >= 0.3 is 0 Å². The number of anilines is 1. The minimum absolute atomic E-state index is 0.968. The maximum atomic E-state index is 8.53. The minimum atomic E-state index is 0.968. The standard InChI is InChI=1S/C12H15N3/c1-9-8-11(6-5-7-13)12(15(3)4)10(2)14-9/h5-6,8H,1-4H3. The Morgan fingerprint density at radius 2 is 2.07 bits per heavy atom. The number of allylic oxidation sites excluding steroid dienone is 1. The zero-order chi connectivity index (χ0) is 11.4. The van der Waals surface area contributed by atoms with Crippen LogP contribution in [0.1, 0.15) is 17.0 Å². The molecule has 0 aromatic carbocycles. The van der Waals surface area contributed by atoms with E-state index in [4.69, 9.17) is 5.26 Å². The molecule has 0 saturated carbocycles. The summed E-state index contributed by atoms with van der Waals surface area (Å²) in [4.78, 5) is 6.42. The van der Waals surface area contributed by atoms with Crippen LogP contribution in [0.15, 0.2) is 12.1 Å². The molecule has 1 heterocycles. The molecule has 1 aromatic heterocycles. The summed E-state index contributed by atoms with van der Waals surface area (Å²) in [6.07, 6.45) is 3.30. The summed E-state index contributed by atoms with van der Waals surface area (Å²) < 4.78 is 0. The molecule has 1 aromatic rings. The van der Waals surface area contributed by atoms with E-state index < -0.39 is 0 Å². The van der Waals surface area contributed by atoms with Crippen molar-refractivity contribution in [1.82, 2.24) is 4.98 Å². The van der Waals surface area contributed by atoms with Crippen molar-refractivity contribution in [1.29, 1.82) is 5.26 Å². The monoisotopic (exact) mass is 201 g/mol. The average Bonchev–Trinajstić information content (AvgIpc) is 2.12. The molecule has 0 fully saturated rings. The number of hydrogen-bond donors (Lipinski definition) is 0. The normalized spacial score (nSPS) is 10.3. The fourth-order valence-electron chi connectivity index (χ4n) is 1.69. The highest BCUT2D eigenvalue weighted by atomic mass is 15.1. The van der Waals surface area contributed by atoms with Crippen LogP contribution in [0.4, 0.5) is 5.69 Å². The lowest BCUT2D eigenvalue weighted by molar-refractivity contribution is 1.04. The largest absolute Gasteiger partial charge is 0.376 e. The van der Waals surface area contributed by atoms with Gasteiger partial charge in [-0.1, -0.05) is 0 Å². The van der Waals surface area contributed by atoms with Crippen LogP contribution in [0.2, 0.25) is 0 Å². The van der Waals surface area contributed by atoms with E-state index in [0.717, 1.165) is 22.6 Å². The SMILES string of the molecule is Cc1cc(C=CC#N)c(N(C)C)c(C)n1. The van der Waals surface area contributed by atoms with Gasteiger partial charge in [-0.3, -0.25) is 4.98 Å². The molecule has 0 N–H and O–H groups in total. The highest BCUT2D eigenvalue weighted by molar-refractivity contribution is 5.70. The molecule has 0 amide bonds. The van der Waals surface area contributed by atoms with Crippen LogP contribution in [0.3, 0.4) is 0 Å². The van der Waals surface area contributed by atoms with Crippen molar-refractivity contribution >= 4 is 11.8 Å². The van der Waals surface area contributed by atoms with Gasteiger partial charge in [-0.25, -0.2) is 0 Å². The van der Waals surface area contributed by atoms with Crippen molar-refractivity contribution in [3.63, 3.8) is 0 Å². The van der Waals surface area contributed by atoms with E-state index in [0.29, 0.717) is 0 Å². The summed E-state index contributed by atoms with van der Waals surface area (Å²) in [6, 6.07) is 3.98. The van der Waals surface area contributed by atoms with Crippen LogP contribution in [0, 0.1) is 25.2 Å². The smallest absolute Gasteiger partial charge is 0.0912 e. The summed E-state index contributed by atoms with van der Waals surface area (Å²) in [7, 11) is 3.95. The third-order valence-corrected chi connectivity index (χ3v) is 2.11. The van der Waals surface area contributed by atoms with E-state index in [2.05, 4.69) is 4.98 Å². The van der Waals surface area contributed by atoms with Gasteiger partial charge in [0.15, 0.2) is 0 Å². The maximum Gasteiger partial charge on any atom is 0.0912 e. The third-order valence-electron chi connectivity index (χ3n) is 2.11. The molecule has 0 saturated heterocycles. The molecular formula is C12H15N3. The predicted octanol–water partition coefficient (Wildman–Crippen LogP) is 2.30. The summed E-state index contributed by atoms with van der Waals surface area (Å²) in [5, 5.41) is 8.53. The molecule has 78 valence electrons. The molecule has 0 radical (unpaired) electrons. The summed E-state index contributed by atoms with van der Waals surface area (Å²) >= 11 is 0. The summed E-state index contributed by atoms with van der Waals surface area (Å²) in [5.41, 5.74) is 4.05. The molecule has 3 nitrogen and oxygen atoms in total. The van der Waals surface area contributed by atoms with Gasteiger partial charge in [0, 0.05) is 31.4 Å². The number of nitriles is 1. The molecule has 0 aliphatic heterocycles. The van der Waals surface area contributed by atoms with E-state index in [9.17, 15) is 0 Å². The Kier molecular flexibility index (Phi) is 3.46. The van der Waals surface area contributed by atoms with Gasteiger partial charge in [0.1, 0.15) is 0 Å².